The third-order valence-corrected chi connectivity index (χ3v) is 5.40. The highest BCUT2D eigenvalue weighted by Gasteiger charge is 2.37. The lowest BCUT2D eigenvalue weighted by molar-refractivity contribution is -0.119. The zero-order valence-electron chi connectivity index (χ0n) is 14.7. The van der Waals surface area contributed by atoms with Crippen molar-refractivity contribution >= 4 is 11.6 Å². The van der Waals surface area contributed by atoms with E-state index in [1.165, 1.54) is 32.1 Å². The van der Waals surface area contributed by atoms with E-state index in [0.717, 1.165) is 30.5 Å². The standard InChI is InChI=1S/C18H30N4O/c1-13(2)7-8-14-5-4-6-16(14)20-17-9-10-22(18(17)23)15-11-19-21(3)12-15/h11-14,16-17,20H,4-10H2,1-3H3. The van der Waals surface area contributed by atoms with Crippen molar-refractivity contribution in [2.24, 2.45) is 18.9 Å². The number of rotatable bonds is 6. The van der Waals surface area contributed by atoms with E-state index < -0.39 is 0 Å². The van der Waals surface area contributed by atoms with E-state index >= 15 is 0 Å². The molecule has 23 heavy (non-hydrogen) atoms. The van der Waals surface area contributed by atoms with Gasteiger partial charge in [0.1, 0.15) is 0 Å². The molecule has 1 saturated heterocycles. The van der Waals surface area contributed by atoms with Gasteiger partial charge in [-0.25, -0.2) is 0 Å². The Morgan fingerprint density at radius 1 is 1.35 bits per heavy atom. The first kappa shape index (κ1) is 16.5. The highest BCUT2D eigenvalue weighted by atomic mass is 16.2. The lowest BCUT2D eigenvalue weighted by atomic mass is 9.93. The molecule has 0 radical (unpaired) electrons. The van der Waals surface area contributed by atoms with Gasteiger partial charge < -0.3 is 10.2 Å². The Kier molecular flexibility index (Phi) is 5.05. The van der Waals surface area contributed by atoms with Crippen LogP contribution < -0.4 is 10.2 Å². The summed E-state index contributed by atoms with van der Waals surface area (Å²) in [5.74, 6) is 1.73. The minimum Gasteiger partial charge on any atom is -0.308 e. The van der Waals surface area contributed by atoms with Gasteiger partial charge in [0.2, 0.25) is 5.91 Å². The van der Waals surface area contributed by atoms with Crippen molar-refractivity contribution in [3.63, 3.8) is 0 Å². The number of amides is 1. The Morgan fingerprint density at radius 2 is 2.17 bits per heavy atom. The predicted molar refractivity (Wildman–Crippen MR) is 92.3 cm³/mol. The smallest absolute Gasteiger partial charge is 0.244 e. The van der Waals surface area contributed by atoms with E-state index in [0.29, 0.717) is 6.04 Å². The van der Waals surface area contributed by atoms with Crippen LogP contribution in [0.1, 0.15) is 52.4 Å². The van der Waals surface area contributed by atoms with Crippen LogP contribution in [0, 0.1) is 11.8 Å². The highest BCUT2D eigenvalue weighted by molar-refractivity contribution is 5.99. The summed E-state index contributed by atoms with van der Waals surface area (Å²) in [5, 5.41) is 7.87. The molecule has 1 aromatic rings. The van der Waals surface area contributed by atoms with Crippen LogP contribution in [0.25, 0.3) is 0 Å². The summed E-state index contributed by atoms with van der Waals surface area (Å²) in [4.78, 5) is 14.6. The van der Waals surface area contributed by atoms with Crippen molar-refractivity contribution in [3.8, 4) is 0 Å². The van der Waals surface area contributed by atoms with E-state index in [1.54, 1.807) is 10.9 Å². The Bertz CT molecular complexity index is 539. The van der Waals surface area contributed by atoms with Gasteiger partial charge in [0.15, 0.2) is 0 Å². The summed E-state index contributed by atoms with van der Waals surface area (Å²) in [6, 6.07) is 0.511. The molecule has 5 heteroatoms. The maximum atomic E-state index is 12.7. The Hall–Kier alpha value is -1.36. The van der Waals surface area contributed by atoms with Crippen LogP contribution in [0.5, 0.6) is 0 Å². The average molecular weight is 318 g/mol. The minimum atomic E-state index is -0.0140. The van der Waals surface area contributed by atoms with Crippen LogP contribution in [0.2, 0.25) is 0 Å². The third-order valence-electron chi connectivity index (χ3n) is 5.40. The summed E-state index contributed by atoms with van der Waals surface area (Å²) < 4.78 is 1.75. The molecule has 2 heterocycles. The second-order valence-electron chi connectivity index (χ2n) is 7.64. The summed E-state index contributed by atoms with van der Waals surface area (Å²) in [6.45, 7) is 5.39. The van der Waals surface area contributed by atoms with Gasteiger partial charge in [-0.1, -0.05) is 26.7 Å². The van der Waals surface area contributed by atoms with E-state index in [4.69, 9.17) is 0 Å². The molecule has 2 fully saturated rings. The number of aromatic nitrogens is 2. The third kappa shape index (κ3) is 3.77. The van der Waals surface area contributed by atoms with Gasteiger partial charge in [-0.05, 0) is 37.5 Å². The van der Waals surface area contributed by atoms with Crippen molar-refractivity contribution < 1.29 is 4.79 Å². The molecule has 1 saturated carbocycles. The second-order valence-corrected chi connectivity index (χ2v) is 7.64. The number of aryl methyl sites for hydroxylation is 1. The fourth-order valence-corrected chi connectivity index (χ4v) is 4.05. The molecule has 1 N–H and O–H groups in total. The summed E-state index contributed by atoms with van der Waals surface area (Å²) in [7, 11) is 1.89. The van der Waals surface area contributed by atoms with Gasteiger partial charge in [0.05, 0.1) is 17.9 Å². The maximum absolute atomic E-state index is 12.7. The predicted octanol–water partition coefficient (Wildman–Crippen LogP) is 2.72. The molecule has 0 spiro atoms. The highest BCUT2D eigenvalue weighted by Crippen LogP contribution is 2.32. The molecule has 1 aliphatic heterocycles. The number of hydrogen-bond acceptors (Lipinski definition) is 3. The van der Waals surface area contributed by atoms with Crippen molar-refractivity contribution in [1.29, 1.82) is 0 Å². The van der Waals surface area contributed by atoms with Crippen molar-refractivity contribution in [2.75, 3.05) is 11.4 Å². The Labute approximate surface area is 139 Å². The van der Waals surface area contributed by atoms with Crippen LogP contribution in [0.15, 0.2) is 12.4 Å². The minimum absolute atomic E-state index is 0.0140. The number of carbonyl (C=O) groups excluding carboxylic acids is 1. The number of nitrogens with zero attached hydrogens (tertiary/aromatic N) is 3. The van der Waals surface area contributed by atoms with Crippen LogP contribution in [0.3, 0.4) is 0 Å². The van der Waals surface area contributed by atoms with E-state index in [9.17, 15) is 4.79 Å². The van der Waals surface area contributed by atoms with Gasteiger partial charge in [-0.3, -0.25) is 9.48 Å². The Morgan fingerprint density at radius 3 is 2.87 bits per heavy atom. The lowest BCUT2D eigenvalue weighted by Crippen LogP contribution is -2.45. The SMILES string of the molecule is CC(C)CCC1CCCC1NC1CCN(c2cnn(C)c2)C1=O. The molecule has 1 aliphatic carbocycles. The van der Waals surface area contributed by atoms with Crippen molar-refractivity contribution in [3.05, 3.63) is 12.4 Å². The number of carbonyl (C=O) groups is 1. The fourth-order valence-electron chi connectivity index (χ4n) is 4.05. The number of hydrogen-bond donors (Lipinski definition) is 1. The molecule has 0 bridgehead atoms. The lowest BCUT2D eigenvalue weighted by Gasteiger charge is -2.25. The quantitative estimate of drug-likeness (QED) is 0.877. The van der Waals surface area contributed by atoms with Gasteiger partial charge in [0, 0.05) is 25.8 Å². The molecular formula is C18H30N4O. The van der Waals surface area contributed by atoms with Gasteiger partial charge >= 0.3 is 0 Å². The molecule has 5 nitrogen and oxygen atoms in total. The topological polar surface area (TPSA) is 50.2 Å². The summed E-state index contributed by atoms with van der Waals surface area (Å²) in [5.41, 5.74) is 0.921. The van der Waals surface area contributed by atoms with Crippen molar-refractivity contribution in [2.45, 2.75) is 64.5 Å². The van der Waals surface area contributed by atoms with Gasteiger partial charge in [-0.15, -0.1) is 0 Å². The fraction of sp³-hybridized carbons (Fsp3) is 0.778. The number of nitrogens with one attached hydrogen (secondary N) is 1. The van der Waals surface area contributed by atoms with E-state index in [-0.39, 0.29) is 11.9 Å². The van der Waals surface area contributed by atoms with E-state index in [1.807, 2.05) is 18.1 Å². The first-order valence-corrected chi connectivity index (χ1v) is 9.10. The number of anilines is 1. The molecule has 0 aromatic carbocycles. The molecule has 3 rings (SSSR count). The summed E-state index contributed by atoms with van der Waals surface area (Å²) in [6.07, 6.45) is 11.0. The van der Waals surface area contributed by atoms with E-state index in [2.05, 4.69) is 24.3 Å². The van der Waals surface area contributed by atoms with Crippen LogP contribution in [-0.2, 0) is 11.8 Å². The first-order chi connectivity index (χ1) is 11.0. The van der Waals surface area contributed by atoms with Crippen molar-refractivity contribution in [1.82, 2.24) is 15.1 Å². The molecule has 1 amide bonds. The van der Waals surface area contributed by atoms with Gasteiger partial charge in [-0.2, -0.15) is 5.10 Å². The zero-order chi connectivity index (χ0) is 16.4. The zero-order valence-corrected chi connectivity index (χ0v) is 14.7. The normalized spacial score (nSPS) is 28.3. The average Bonchev–Trinajstić information content (AvgIpc) is 3.20. The molecular weight excluding hydrogens is 288 g/mol. The molecule has 3 unspecified atom stereocenters. The van der Waals surface area contributed by atoms with Crippen LogP contribution >= 0.6 is 0 Å². The molecule has 1 aromatic heterocycles. The van der Waals surface area contributed by atoms with Crippen LogP contribution in [0.4, 0.5) is 5.69 Å². The first-order valence-electron chi connectivity index (χ1n) is 9.10. The monoisotopic (exact) mass is 318 g/mol. The molecule has 128 valence electrons. The molecule has 3 atom stereocenters. The van der Waals surface area contributed by atoms with Gasteiger partial charge in [0.25, 0.3) is 0 Å². The van der Waals surface area contributed by atoms with Crippen LogP contribution in [-0.4, -0.2) is 34.3 Å². The Balaban J connectivity index is 1.57. The second kappa shape index (κ2) is 7.04. The maximum Gasteiger partial charge on any atom is 0.244 e. The molecule has 2 aliphatic rings. The largest absolute Gasteiger partial charge is 0.308 e. The summed E-state index contributed by atoms with van der Waals surface area (Å²) >= 11 is 0.